The van der Waals surface area contributed by atoms with E-state index in [9.17, 15) is 4.79 Å². The minimum atomic E-state index is -0.416. The molecule has 1 N–H and O–H groups in total. The van der Waals surface area contributed by atoms with Crippen molar-refractivity contribution in [2.45, 2.75) is 44.1 Å². The maximum absolute atomic E-state index is 12.9. The SMILES string of the molecule is CCc1ccc(C(=O)NC(C)c2nnc(SCc3ccccc3C)n2-c2ccc(Cl)cc2Cl)cc1. The van der Waals surface area contributed by atoms with Crippen molar-refractivity contribution in [2.75, 3.05) is 0 Å². The zero-order valence-electron chi connectivity index (χ0n) is 19.8. The van der Waals surface area contributed by atoms with Crippen LogP contribution in [0.2, 0.25) is 10.0 Å². The van der Waals surface area contributed by atoms with Gasteiger partial charge in [0.1, 0.15) is 0 Å². The molecule has 0 saturated heterocycles. The molecule has 0 saturated carbocycles. The Morgan fingerprint density at radius 2 is 1.80 bits per heavy atom. The van der Waals surface area contributed by atoms with Gasteiger partial charge >= 0.3 is 0 Å². The van der Waals surface area contributed by atoms with Crippen LogP contribution in [0.4, 0.5) is 0 Å². The van der Waals surface area contributed by atoms with E-state index in [1.54, 1.807) is 23.9 Å². The number of hydrogen-bond acceptors (Lipinski definition) is 4. The van der Waals surface area contributed by atoms with Crippen LogP contribution in [0.3, 0.4) is 0 Å². The van der Waals surface area contributed by atoms with Gasteiger partial charge in [-0.25, -0.2) is 0 Å². The summed E-state index contributed by atoms with van der Waals surface area (Å²) >= 11 is 14.3. The van der Waals surface area contributed by atoms with Gasteiger partial charge in [0.05, 0.1) is 16.8 Å². The van der Waals surface area contributed by atoms with Crippen LogP contribution >= 0.6 is 35.0 Å². The average molecular weight is 526 g/mol. The normalized spacial score (nSPS) is 11.9. The number of thioether (sulfide) groups is 1. The van der Waals surface area contributed by atoms with Gasteiger partial charge in [-0.05, 0) is 67.3 Å². The zero-order valence-corrected chi connectivity index (χ0v) is 22.1. The third-order valence-corrected chi connectivity index (χ3v) is 7.30. The minimum absolute atomic E-state index is 0.175. The van der Waals surface area contributed by atoms with E-state index in [1.807, 2.05) is 54.0 Å². The molecule has 3 aromatic carbocycles. The van der Waals surface area contributed by atoms with Crippen molar-refractivity contribution in [2.24, 2.45) is 0 Å². The summed E-state index contributed by atoms with van der Waals surface area (Å²) < 4.78 is 1.90. The standard InChI is InChI=1S/C27H26Cl2N4OS/c1-4-19-9-11-20(12-10-19)26(34)30-18(3)25-31-32-27(35-16-21-8-6-5-7-17(21)2)33(25)24-14-13-22(28)15-23(24)29/h5-15,18H,4,16H2,1-3H3,(H,30,34). The number of rotatable bonds is 8. The highest BCUT2D eigenvalue weighted by Crippen LogP contribution is 2.32. The number of nitrogens with zero attached hydrogens (tertiary/aromatic N) is 3. The molecular formula is C27H26Cl2N4OS. The zero-order chi connectivity index (χ0) is 24.9. The number of carbonyl (C=O) groups is 1. The second-order valence-corrected chi connectivity index (χ2v) is 10.0. The van der Waals surface area contributed by atoms with E-state index in [1.165, 1.54) is 16.7 Å². The summed E-state index contributed by atoms with van der Waals surface area (Å²) in [5.41, 5.74) is 4.91. The van der Waals surface area contributed by atoms with Crippen LogP contribution in [0.5, 0.6) is 0 Å². The molecule has 35 heavy (non-hydrogen) atoms. The monoisotopic (exact) mass is 524 g/mol. The number of carbonyl (C=O) groups excluding carboxylic acids is 1. The number of amides is 1. The maximum atomic E-state index is 12.9. The first-order chi connectivity index (χ1) is 16.9. The quantitative estimate of drug-likeness (QED) is 0.247. The molecule has 0 aliphatic heterocycles. The van der Waals surface area contributed by atoms with Gasteiger partial charge < -0.3 is 5.32 Å². The molecular weight excluding hydrogens is 499 g/mol. The fraction of sp³-hybridized carbons (Fsp3) is 0.222. The smallest absolute Gasteiger partial charge is 0.251 e. The third kappa shape index (κ3) is 5.89. The predicted octanol–water partition coefficient (Wildman–Crippen LogP) is 7.23. The van der Waals surface area contributed by atoms with Crippen LogP contribution < -0.4 is 5.32 Å². The summed E-state index contributed by atoms with van der Waals surface area (Å²) in [6.07, 6.45) is 0.923. The van der Waals surface area contributed by atoms with Gasteiger partial charge in [0, 0.05) is 16.3 Å². The number of aryl methyl sites for hydroxylation is 2. The highest BCUT2D eigenvalue weighted by Gasteiger charge is 2.23. The predicted molar refractivity (Wildman–Crippen MR) is 144 cm³/mol. The van der Waals surface area contributed by atoms with E-state index in [0.717, 1.165) is 12.2 Å². The Labute approximate surface area is 219 Å². The molecule has 1 atom stereocenters. The lowest BCUT2D eigenvalue weighted by Gasteiger charge is -2.17. The van der Waals surface area contributed by atoms with Crippen molar-refractivity contribution in [3.05, 3.63) is 105 Å². The van der Waals surface area contributed by atoms with E-state index in [-0.39, 0.29) is 5.91 Å². The molecule has 1 amide bonds. The molecule has 8 heteroatoms. The van der Waals surface area contributed by atoms with Gasteiger partial charge in [0.2, 0.25) is 0 Å². The van der Waals surface area contributed by atoms with Crippen molar-refractivity contribution in [3.8, 4) is 5.69 Å². The number of hydrogen-bond donors (Lipinski definition) is 1. The second-order valence-electron chi connectivity index (χ2n) is 8.23. The number of benzene rings is 3. The van der Waals surface area contributed by atoms with E-state index in [2.05, 4.69) is 41.5 Å². The summed E-state index contributed by atoms with van der Waals surface area (Å²) in [5, 5.41) is 13.7. The molecule has 0 aliphatic rings. The van der Waals surface area contributed by atoms with Gasteiger partial charge in [-0.15, -0.1) is 10.2 Å². The first kappa shape index (κ1) is 25.3. The lowest BCUT2D eigenvalue weighted by Crippen LogP contribution is -2.28. The fourth-order valence-corrected chi connectivity index (χ4v) is 5.22. The number of aromatic nitrogens is 3. The van der Waals surface area contributed by atoms with Crippen LogP contribution in [-0.4, -0.2) is 20.7 Å². The molecule has 1 unspecified atom stereocenters. The topological polar surface area (TPSA) is 59.8 Å². The molecule has 4 rings (SSSR count). The Morgan fingerprint density at radius 1 is 1.06 bits per heavy atom. The van der Waals surface area contributed by atoms with Gasteiger partial charge in [0.15, 0.2) is 11.0 Å². The second kappa shape index (κ2) is 11.3. The number of nitrogens with one attached hydrogen (secondary N) is 1. The van der Waals surface area contributed by atoms with Crippen molar-refractivity contribution >= 4 is 40.9 Å². The first-order valence-corrected chi connectivity index (χ1v) is 13.1. The summed E-state index contributed by atoms with van der Waals surface area (Å²) in [6, 6.07) is 20.8. The van der Waals surface area contributed by atoms with Gasteiger partial charge in [-0.3, -0.25) is 9.36 Å². The lowest BCUT2D eigenvalue weighted by molar-refractivity contribution is 0.0938. The van der Waals surface area contributed by atoms with Crippen molar-refractivity contribution in [3.63, 3.8) is 0 Å². The van der Waals surface area contributed by atoms with Crippen molar-refractivity contribution in [1.82, 2.24) is 20.1 Å². The summed E-state index contributed by atoms with van der Waals surface area (Å²) in [7, 11) is 0. The van der Waals surface area contributed by atoms with Crippen LogP contribution in [0, 0.1) is 6.92 Å². The molecule has 0 aliphatic carbocycles. The third-order valence-electron chi connectivity index (χ3n) is 5.79. The van der Waals surface area contributed by atoms with Gasteiger partial charge in [-0.2, -0.15) is 0 Å². The Hall–Kier alpha value is -2.80. The van der Waals surface area contributed by atoms with Crippen LogP contribution in [0.1, 0.15) is 52.8 Å². The Bertz CT molecular complexity index is 1340. The minimum Gasteiger partial charge on any atom is -0.342 e. The molecule has 0 radical (unpaired) electrons. The van der Waals surface area contributed by atoms with E-state index in [0.29, 0.717) is 32.3 Å². The summed E-state index contributed by atoms with van der Waals surface area (Å²) in [5.74, 6) is 1.13. The highest BCUT2D eigenvalue weighted by atomic mass is 35.5. The highest BCUT2D eigenvalue weighted by molar-refractivity contribution is 7.98. The largest absolute Gasteiger partial charge is 0.342 e. The molecule has 1 heterocycles. The average Bonchev–Trinajstić information content (AvgIpc) is 3.27. The van der Waals surface area contributed by atoms with Gasteiger partial charge in [0.25, 0.3) is 5.91 Å². The van der Waals surface area contributed by atoms with E-state index >= 15 is 0 Å². The molecule has 0 spiro atoms. The van der Waals surface area contributed by atoms with Crippen LogP contribution in [-0.2, 0) is 12.2 Å². The van der Waals surface area contributed by atoms with Gasteiger partial charge in [-0.1, -0.05) is 78.3 Å². The Morgan fingerprint density at radius 3 is 2.49 bits per heavy atom. The molecule has 5 nitrogen and oxygen atoms in total. The molecule has 0 fully saturated rings. The molecule has 0 bridgehead atoms. The summed E-state index contributed by atoms with van der Waals surface area (Å²) in [4.78, 5) is 12.9. The molecule has 180 valence electrons. The maximum Gasteiger partial charge on any atom is 0.251 e. The first-order valence-electron chi connectivity index (χ1n) is 11.3. The van der Waals surface area contributed by atoms with E-state index in [4.69, 9.17) is 23.2 Å². The van der Waals surface area contributed by atoms with Crippen LogP contribution in [0.15, 0.2) is 71.9 Å². The Balaban J connectivity index is 1.65. The molecule has 1 aromatic heterocycles. The van der Waals surface area contributed by atoms with E-state index < -0.39 is 6.04 Å². The number of halogens is 2. The lowest BCUT2D eigenvalue weighted by atomic mass is 10.1. The molecule has 4 aromatic rings. The van der Waals surface area contributed by atoms with Crippen molar-refractivity contribution < 1.29 is 4.79 Å². The Kier molecular flexibility index (Phi) is 8.16. The fourth-order valence-electron chi connectivity index (χ4n) is 3.69. The van der Waals surface area contributed by atoms with Crippen LogP contribution in [0.25, 0.3) is 5.69 Å². The summed E-state index contributed by atoms with van der Waals surface area (Å²) in [6.45, 7) is 6.06. The van der Waals surface area contributed by atoms with Crippen molar-refractivity contribution in [1.29, 1.82) is 0 Å².